The number of carbonyl (C=O) groups is 2. The lowest BCUT2D eigenvalue weighted by atomic mass is 10.1. The molecule has 2 N–H and O–H groups in total. The Kier molecular flexibility index (Phi) is 6.42. The van der Waals surface area contributed by atoms with Crippen LogP contribution >= 0.6 is 0 Å². The van der Waals surface area contributed by atoms with Gasteiger partial charge >= 0.3 is 12.0 Å². The van der Waals surface area contributed by atoms with Crippen LogP contribution in [0.1, 0.15) is 27.2 Å². The van der Waals surface area contributed by atoms with Gasteiger partial charge in [-0.25, -0.2) is 4.79 Å². The zero-order valence-electron chi connectivity index (χ0n) is 13.2. The van der Waals surface area contributed by atoms with Gasteiger partial charge in [0.1, 0.15) is 0 Å². The molecule has 1 fully saturated rings. The molecule has 122 valence electrons. The number of aliphatic carboxylic acids is 1. The van der Waals surface area contributed by atoms with E-state index in [1.54, 1.807) is 9.80 Å². The minimum Gasteiger partial charge on any atom is -0.481 e. The summed E-state index contributed by atoms with van der Waals surface area (Å²) in [6.45, 7) is 9.40. The molecule has 0 aliphatic carbocycles. The highest BCUT2D eigenvalue weighted by molar-refractivity contribution is 5.76. The summed E-state index contributed by atoms with van der Waals surface area (Å²) < 4.78 is 0. The number of rotatable bonds is 5. The van der Waals surface area contributed by atoms with E-state index >= 15 is 0 Å². The third kappa shape index (κ3) is 5.51. The summed E-state index contributed by atoms with van der Waals surface area (Å²) >= 11 is 0. The van der Waals surface area contributed by atoms with Crippen LogP contribution in [0.25, 0.3) is 0 Å². The number of aliphatic hydroxyl groups is 1. The lowest BCUT2D eigenvalue weighted by molar-refractivity contribution is -0.137. The highest BCUT2D eigenvalue weighted by Gasteiger charge is 2.31. The van der Waals surface area contributed by atoms with Crippen molar-refractivity contribution in [2.24, 2.45) is 0 Å². The van der Waals surface area contributed by atoms with Gasteiger partial charge in [0.25, 0.3) is 0 Å². The van der Waals surface area contributed by atoms with Gasteiger partial charge in [0, 0.05) is 44.8 Å². The highest BCUT2D eigenvalue weighted by atomic mass is 16.4. The van der Waals surface area contributed by atoms with Crippen molar-refractivity contribution in [2.75, 3.05) is 45.9 Å². The fraction of sp³-hybridized carbons (Fsp3) is 0.857. The number of piperazine rings is 1. The van der Waals surface area contributed by atoms with Gasteiger partial charge in [0.05, 0.1) is 13.0 Å². The summed E-state index contributed by atoms with van der Waals surface area (Å²) in [5, 5.41) is 17.8. The predicted octanol–water partition coefficient (Wildman–Crippen LogP) is 0.292. The van der Waals surface area contributed by atoms with Crippen LogP contribution in [0.3, 0.4) is 0 Å². The van der Waals surface area contributed by atoms with Gasteiger partial charge in [0.15, 0.2) is 0 Å². The number of urea groups is 1. The summed E-state index contributed by atoms with van der Waals surface area (Å²) in [5.41, 5.74) is -0.408. The lowest BCUT2D eigenvalue weighted by Crippen LogP contribution is -2.57. The van der Waals surface area contributed by atoms with E-state index in [9.17, 15) is 9.59 Å². The number of amides is 2. The molecular weight excluding hydrogens is 274 g/mol. The molecule has 2 amide bonds. The fourth-order valence-corrected chi connectivity index (χ4v) is 2.40. The standard InChI is InChI=1S/C14H27N3O4/c1-14(2,3)17(5-4-12(19)20)13(21)16-8-6-15(7-9-16)10-11-18/h18H,4-11H2,1-3H3,(H,19,20). The molecule has 1 rings (SSSR count). The Morgan fingerprint density at radius 1 is 1.14 bits per heavy atom. The molecule has 0 spiro atoms. The molecule has 0 radical (unpaired) electrons. The molecule has 0 atom stereocenters. The SMILES string of the molecule is CC(C)(C)N(CCC(=O)O)C(=O)N1CCN(CCO)CC1. The molecule has 0 aromatic rings. The number of hydrogen-bond donors (Lipinski definition) is 2. The minimum absolute atomic E-state index is 0.0481. The maximum Gasteiger partial charge on any atom is 0.320 e. The molecule has 0 aromatic carbocycles. The van der Waals surface area contributed by atoms with Crippen molar-refractivity contribution in [3.63, 3.8) is 0 Å². The van der Waals surface area contributed by atoms with Crippen LogP contribution in [0.4, 0.5) is 4.79 Å². The number of hydrogen-bond acceptors (Lipinski definition) is 4. The first-order valence-corrected chi connectivity index (χ1v) is 7.37. The second-order valence-electron chi connectivity index (χ2n) is 6.30. The van der Waals surface area contributed by atoms with Crippen LogP contribution in [0, 0.1) is 0 Å². The molecule has 0 bridgehead atoms. The molecule has 1 aliphatic heterocycles. The average molecular weight is 301 g/mol. The number of carboxylic acids is 1. The van der Waals surface area contributed by atoms with Crippen molar-refractivity contribution in [2.45, 2.75) is 32.7 Å². The van der Waals surface area contributed by atoms with E-state index in [0.717, 1.165) is 13.1 Å². The number of aliphatic hydroxyl groups excluding tert-OH is 1. The van der Waals surface area contributed by atoms with Gasteiger partial charge in [0.2, 0.25) is 0 Å². The quantitative estimate of drug-likeness (QED) is 0.762. The first kappa shape index (κ1) is 17.7. The summed E-state index contributed by atoms with van der Waals surface area (Å²) in [4.78, 5) is 28.9. The van der Waals surface area contributed by atoms with Crippen molar-refractivity contribution in [3.8, 4) is 0 Å². The maximum atomic E-state index is 12.6. The van der Waals surface area contributed by atoms with E-state index in [4.69, 9.17) is 10.2 Å². The third-order valence-corrected chi connectivity index (χ3v) is 3.65. The first-order valence-electron chi connectivity index (χ1n) is 7.37. The Labute approximate surface area is 126 Å². The van der Waals surface area contributed by atoms with Crippen molar-refractivity contribution >= 4 is 12.0 Å². The second-order valence-corrected chi connectivity index (χ2v) is 6.30. The molecule has 7 nitrogen and oxygen atoms in total. The number of carbonyl (C=O) groups excluding carboxylic acids is 1. The van der Waals surface area contributed by atoms with E-state index < -0.39 is 11.5 Å². The largest absolute Gasteiger partial charge is 0.481 e. The van der Waals surface area contributed by atoms with Crippen LogP contribution in [-0.2, 0) is 4.79 Å². The van der Waals surface area contributed by atoms with Crippen LogP contribution in [-0.4, -0.2) is 88.3 Å². The fourth-order valence-electron chi connectivity index (χ4n) is 2.40. The topological polar surface area (TPSA) is 84.3 Å². The Morgan fingerprint density at radius 3 is 2.14 bits per heavy atom. The van der Waals surface area contributed by atoms with E-state index in [-0.39, 0.29) is 25.6 Å². The summed E-state index contributed by atoms with van der Waals surface area (Å²) in [7, 11) is 0. The molecule has 1 saturated heterocycles. The van der Waals surface area contributed by atoms with Gasteiger partial charge in [-0.15, -0.1) is 0 Å². The predicted molar refractivity (Wildman–Crippen MR) is 79.2 cm³/mol. The molecule has 0 saturated carbocycles. The number of β-amino-alcohol motifs (C(OH)–C–C–N with tert-alkyl or cyclic N) is 1. The lowest BCUT2D eigenvalue weighted by Gasteiger charge is -2.42. The van der Waals surface area contributed by atoms with E-state index in [2.05, 4.69) is 4.90 Å². The van der Waals surface area contributed by atoms with Gasteiger partial charge in [-0.2, -0.15) is 0 Å². The van der Waals surface area contributed by atoms with Crippen molar-refractivity contribution in [1.82, 2.24) is 14.7 Å². The Morgan fingerprint density at radius 2 is 1.71 bits per heavy atom. The van der Waals surface area contributed by atoms with Gasteiger partial charge in [-0.05, 0) is 20.8 Å². The molecule has 7 heteroatoms. The normalized spacial score (nSPS) is 16.9. The monoisotopic (exact) mass is 301 g/mol. The second kappa shape index (κ2) is 7.61. The van der Waals surface area contributed by atoms with E-state index in [0.29, 0.717) is 19.6 Å². The minimum atomic E-state index is -0.898. The number of nitrogens with zero attached hydrogens (tertiary/aromatic N) is 3. The summed E-state index contributed by atoms with van der Waals surface area (Å²) in [6.07, 6.45) is -0.0481. The maximum absolute atomic E-state index is 12.6. The van der Waals surface area contributed by atoms with Gasteiger partial charge in [-0.1, -0.05) is 0 Å². The molecular formula is C14H27N3O4. The van der Waals surface area contributed by atoms with Gasteiger partial charge in [-0.3, -0.25) is 9.69 Å². The molecule has 21 heavy (non-hydrogen) atoms. The molecule has 1 aliphatic rings. The van der Waals surface area contributed by atoms with Crippen molar-refractivity contribution in [3.05, 3.63) is 0 Å². The van der Waals surface area contributed by atoms with Crippen LogP contribution in [0.2, 0.25) is 0 Å². The Bertz CT molecular complexity index is 360. The van der Waals surface area contributed by atoms with E-state index in [1.807, 2.05) is 20.8 Å². The molecule has 1 heterocycles. The Hall–Kier alpha value is -1.34. The number of carboxylic acid groups (broad SMARTS) is 1. The van der Waals surface area contributed by atoms with E-state index in [1.165, 1.54) is 0 Å². The zero-order chi connectivity index (χ0) is 16.0. The summed E-state index contributed by atoms with van der Waals surface area (Å²) in [6, 6.07) is -0.104. The van der Waals surface area contributed by atoms with Crippen LogP contribution in [0.15, 0.2) is 0 Å². The van der Waals surface area contributed by atoms with Crippen molar-refractivity contribution < 1.29 is 19.8 Å². The van der Waals surface area contributed by atoms with Crippen LogP contribution < -0.4 is 0 Å². The Balaban J connectivity index is 2.62. The summed E-state index contributed by atoms with van der Waals surface area (Å²) in [5.74, 6) is -0.898. The molecule has 0 unspecified atom stereocenters. The highest BCUT2D eigenvalue weighted by Crippen LogP contribution is 2.17. The third-order valence-electron chi connectivity index (χ3n) is 3.65. The zero-order valence-corrected chi connectivity index (χ0v) is 13.2. The first-order chi connectivity index (χ1) is 9.75. The average Bonchev–Trinajstić information content (AvgIpc) is 2.38. The van der Waals surface area contributed by atoms with Crippen molar-refractivity contribution in [1.29, 1.82) is 0 Å². The van der Waals surface area contributed by atoms with Gasteiger partial charge < -0.3 is 20.0 Å². The van der Waals surface area contributed by atoms with Crippen LogP contribution in [0.5, 0.6) is 0 Å². The smallest absolute Gasteiger partial charge is 0.320 e. The molecule has 0 aromatic heterocycles.